The average Bonchev–Trinajstić information content (AvgIpc) is 3.26. The number of carboxylic acids is 1. The van der Waals surface area contributed by atoms with E-state index in [1.807, 2.05) is 28.8 Å². The first-order chi connectivity index (χ1) is 19.0. The molecule has 2 aliphatic carbocycles. The van der Waals surface area contributed by atoms with Gasteiger partial charge in [0, 0.05) is 24.2 Å². The second kappa shape index (κ2) is 9.73. The number of aromatic amines is 1. The van der Waals surface area contributed by atoms with Gasteiger partial charge in [0.2, 0.25) is 0 Å². The summed E-state index contributed by atoms with van der Waals surface area (Å²) in [5, 5.41) is 15.7. The van der Waals surface area contributed by atoms with E-state index in [1.54, 1.807) is 0 Å². The maximum atomic E-state index is 14.1. The van der Waals surface area contributed by atoms with Crippen LogP contribution in [0.4, 0.5) is 0 Å². The predicted octanol–water partition coefficient (Wildman–Crippen LogP) is 3.56. The van der Waals surface area contributed by atoms with Crippen LogP contribution in [-0.2, 0) is 11.3 Å². The van der Waals surface area contributed by atoms with Crippen molar-refractivity contribution in [3.63, 3.8) is 0 Å². The Labute approximate surface area is 226 Å². The standard InChI is InChI=1S/C29H36N6O4/c36-25(37)16-33-27(31-32-29(33)39)26-28(38)35(24-10-2-1-9-23(24)30-26)22-14-19-7-4-8-20(15-22)34(19)21-12-17-5-3-6-18(11-17)13-21/h1-2,9-10,17-22H,3-8,11-16H2,(H,32,39)(H,36,37)/t17-,18+,19-,20+,21?,22?. The zero-order valence-electron chi connectivity index (χ0n) is 22.2. The molecule has 2 saturated carbocycles. The monoisotopic (exact) mass is 532 g/mol. The van der Waals surface area contributed by atoms with Crippen molar-refractivity contribution in [3.05, 3.63) is 45.1 Å². The molecule has 7 rings (SSSR count). The number of aromatic nitrogens is 5. The molecule has 2 unspecified atom stereocenters. The topological polar surface area (TPSA) is 126 Å². The number of nitrogens with zero attached hydrogens (tertiary/aromatic N) is 5. The Morgan fingerprint density at radius 3 is 2.31 bits per heavy atom. The normalized spacial score (nSPS) is 30.9. The highest BCUT2D eigenvalue weighted by atomic mass is 16.4. The van der Waals surface area contributed by atoms with Gasteiger partial charge in [-0.05, 0) is 68.9 Å². The van der Waals surface area contributed by atoms with Crippen molar-refractivity contribution >= 4 is 17.0 Å². The molecule has 10 nitrogen and oxygen atoms in total. The number of benzene rings is 1. The summed E-state index contributed by atoms with van der Waals surface area (Å²) in [5.41, 5.74) is 0.437. The van der Waals surface area contributed by atoms with Crippen LogP contribution in [-0.4, -0.2) is 58.4 Å². The molecule has 2 N–H and O–H groups in total. The van der Waals surface area contributed by atoms with Gasteiger partial charge in [0.1, 0.15) is 6.54 Å². The van der Waals surface area contributed by atoms with Crippen LogP contribution in [0.25, 0.3) is 22.6 Å². The van der Waals surface area contributed by atoms with E-state index < -0.39 is 18.2 Å². The van der Waals surface area contributed by atoms with E-state index in [0.717, 1.165) is 34.8 Å². The summed E-state index contributed by atoms with van der Waals surface area (Å²) in [6, 6.07) is 9.20. The molecule has 6 atom stereocenters. The number of rotatable bonds is 5. The van der Waals surface area contributed by atoms with Crippen molar-refractivity contribution < 1.29 is 9.90 Å². The van der Waals surface area contributed by atoms with Crippen molar-refractivity contribution in [1.82, 2.24) is 29.2 Å². The van der Waals surface area contributed by atoms with Gasteiger partial charge in [0.05, 0.1) is 11.0 Å². The van der Waals surface area contributed by atoms with E-state index in [0.29, 0.717) is 23.6 Å². The molecule has 2 aliphatic heterocycles. The van der Waals surface area contributed by atoms with E-state index in [1.165, 1.54) is 57.8 Å². The Bertz CT molecular complexity index is 1500. The van der Waals surface area contributed by atoms with Gasteiger partial charge in [-0.15, -0.1) is 0 Å². The molecule has 4 fully saturated rings. The van der Waals surface area contributed by atoms with Gasteiger partial charge in [-0.25, -0.2) is 14.9 Å². The molecule has 0 amide bonds. The molecule has 4 bridgehead atoms. The number of H-pyrrole nitrogens is 1. The minimum absolute atomic E-state index is 0.0115. The van der Waals surface area contributed by atoms with Crippen LogP contribution in [0.3, 0.4) is 0 Å². The van der Waals surface area contributed by atoms with Gasteiger partial charge in [0.25, 0.3) is 5.56 Å². The quantitative estimate of drug-likeness (QED) is 0.515. The zero-order valence-corrected chi connectivity index (χ0v) is 22.2. The van der Waals surface area contributed by atoms with Gasteiger partial charge >= 0.3 is 11.7 Å². The van der Waals surface area contributed by atoms with Crippen molar-refractivity contribution in [2.24, 2.45) is 11.8 Å². The minimum Gasteiger partial charge on any atom is -0.480 e. The number of carboxylic acid groups (broad SMARTS) is 1. The van der Waals surface area contributed by atoms with Gasteiger partial charge < -0.3 is 9.67 Å². The van der Waals surface area contributed by atoms with Crippen LogP contribution < -0.4 is 11.2 Å². The summed E-state index contributed by atoms with van der Waals surface area (Å²) in [6.45, 7) is -0.593. The smallest absolute Gasteiger partial charge is 0.344 e. The van der Waals surface area contributed by atoms with E-state index in [-0.39, 0.29) is 23.1 Å². The van der Waals surface area contributed by atoms with Gasteiger partial charge in [0.15, 0.2) is 11.5 Å². The van der Waals surface area contributed by atoms with Crippen LogP contribution >= 0.6 is 0 Å². The van der Waals surface area contributed by atoms with Crippen molar-refractivity contribution in [2.45, 2.75) is 101 Å². The largest absolute Gasteiger partial charge is 0.480 e. The van der Waals surface area contributed by atoms with Crippen LogP contribution in [0.1, 0.15) is 76.7 Å². The molecule has 10 heteroatoms. The zero-order chi connectivity index (χ0) is 26.7. The number of nitrogens with one attached hydrogen (secondary N) is 1. The Morgan fingerprint density at radius 2 is 1.59 bits per heavy atom. The highest BCUT2D eigenvalue weighted by Gasteiger charge is 2.45. The maximum absolute atomic E-state index is 14.1. The SMILES string of the molecule is O=C(O)Cn1c(-c2nc3ccccc3n(C3C[C@H]4CCC[C@@H](C3)N4C3C[C@H]4CCC[C@@H](C3)C4)c2=O)n[nH]c1=O. The summed E-state index contributed by atoms with van der Waals surface area (Å²) in [5.74, 6) is 0.547. The van der Waals surface area contributed by atoms with Crippen molar-refractivity contribution in [1.29, 1.82) is 0 Å². The molecule has 2 saturated heterocycles. The first-order valence-electron chi connectivity index (χ1n) is 14.6. The van der Waals surface area contributed by atoms with Crippen LogP contribution in [0.5, 0.6) is 0 Å². The number of hydrogen-bond acceptors (Lipinski definition) is 6. The number of hydrogen-bond donors (Lipinski definition) is 2. The van der Waals surface area contributed by atoms with Crippen LogP contribution in [0, 0.1) is 11.8 Å². The summed E-state index contributed by atoms with van der Waals surface area (Å²) in [7, 11) is 0. The van der Waals surface area contributed by atoms with Crippen LogP contribution in [0.15, 0.2) is 33.9 Å². The highest BCUT2D eigenvalue weighted by molar-refractivity contribution is 5.77. The lowest BCUT2D eigenvalue weighted by Crippen LogP contribution is -2.58. The molecule has 0 spiro atoms. The molecule has 3 aromatic rings. The lowest BCUT2D eigenvalue weighted by Gasteiger charge is -2.55. The van der Waals surface area contributed by atoms with E-state index in [2.05, 4.69) is 20.1 Å². The Hall–Kier alpha value is -3.27. The van der Waals surface area contributed by atoms with Gasteiger partial charge in [-0.2, -0.15) is 5.10 Å². The third-order valence-electron chi connectivity index (χ3n) is 9.95. The second-order valence-corrected chi connectivity index (χ2v) is 12.3. The summed E-state index contributed by atoms with van der Waals surface area (Å²) in [6.07, 6.45) is 13.7. The molecular formula is C29H36N6O4. The number of para-hydroxylation sites is 2. The summed E-state index contributed by atoms with van der Waals surface area (Å²) in [4.78, 5) is 45.4. The fraction of sp³-hybridized carbons (Fsp3) is 0.621. The molecule has 2 aromatic heterocycles. The highest BCUT2D eigenvalue weighted by Crippen LogP contribution is 2.47. The van der Waals surface area contributed by atoms with Crippen molar-refractivity contribution in [3.8, 4) is 11.5 Å². The van der Waals surface area contributed by atoms with Gasteiger partial charge in [-0.1, -0.05) is 37.8 Å². The Morgan fingerprint density at radius 1 is 0.897 bits per heavy atom. The van der Waals surface area contributed by atoms with E-state index in [9.17, 15) is 19.5 Å². The molecule has 206 valence electrons. The minimum atomic E-state index is -1.19. The third-order valence-corrected chi connectivity index (χ3v) is 9.95. The molecule has 4 heterocycles. The molecule has 1 aromatic carbocycles. The second-order valence-electron chi connectivity index (χ2n) is 12.3. The first-order valence-corrected chi connectivity index (χ1v) is 14.6. The number of aliphatic carboxylic acids is 1. The Kier molecular flexibility index (Phi) is 6.17. The lowest BCUT2D eigenvalue weighted by molar-refractivity contribution is -0.137. The van der Waals surface area contributed by atoms with Crippen molar-refractivity contribution in [2.75, 3.05) is 0 Å². The first kappa shape index (κ1) is 24.7. The molecule has 39 heavy (non-hydrogen) atoms. The average molecular weight is 533 g/mol. The fourth-order valence-electron chi connectivity index (χ4n) is 8.58. The lowest BCUT2D eigenvalue weighted by atomic mass is 9.68. The molecule has 0 radical (unpaired) electrons. The van der Waals surface area contributed by atoms with E-state index >= 15 is 0 Å². The van der Waals surface area contributed by atoms with E-state index in [4.69, 9.17) is 0 Å². The van der Waals surface area contributed by atoms with Gasteiger partial charge in [-0.3, -0.25) is 19.1 Å². The summed E-state index contributed by atoms with van der Waals surface area (Å²) < 4.78 is 2.85. The number of carbonyl (C=O) groups is 1. The predicted molar refractivity (Wildman–Crippen MR) is 145 cm³/mol. The van der Waals surface area contributed by atoms with Crippen LogP contribution in [0.2, 0.25) is 0 Å². The Balaban J connectivity index is 1.27. The third kappa shape index (κ3) is 4.33. The maximum Gasteiger partial charge on any atom is 0.344 e. The molecule has 4 aliphatic rings. The number of fused-ring (bicyclic) bond motifs is 5. The fourth-order valence-corrected chi connectivity index (χ4v) is 8.58. The number of piperidine rings is 2. The molecular weight excluding hydrogens is 496 g/mol. The summed E-state index contributed by atoms with van der Waals surface area (Å²) >= 11 is 0.